The van der Waals surface area contributed by atoms with Crippen LogP contribution in [0, 0.1) is 6.92 Å². The number of carbonyl (C=O) groups excluding carboxylic acids is 1. The Kier molecular flexibility index (Phi) is 4.31. The Hall–Kier alpha value is -2.92. The summed E-state index contributed by atoms with van der Waals surface area (Å²) >= 11 is 0. The first-order valence-corrected chi connectivity index (χ1v) is 8.67. The number of rotatable bonds is 3. The predicted octanol–water partition coefficient (Wildman–Crippen LogP) is 3.46. The summed E-state index contributed by atoms with van der Waals surface area (Å²) in [6.45, 7) is 3.13. The highest BCUT2D eigenvalue weighted by molar-refractivity contribution is 5.95. The number of nitrogens with zero attached hydrogens (tertiary/aromatic N) is 3. The zero-order valence-electron chi connectivity index (χ0n) is 15.0. The molecule has 0 bridgehead atoms. The highest BCUT2D eigenvalue weighted by atomic mass is 16.5. The first-order chi connectivity index (χ1) is 12.6. The molecule has 2 heterocycles. The third kappa shape index (κ3) is 3.13. The van der Waals surface area contributed by atoms with Crippen LogP contribution in [0.15, 0.2) is 54.7 Å². The third-order valence-corrected chi connectivity index (χ3v) is 4.73. The second-order valence-corrected chi connectivity index (χ2v) is 6.64. The molecule has 2 aromatic carbocycles. The van der Waals surface area contributed by atoms with E-state index in [2.05, 4.69) is 42.4 Å². The summed E-state index contributed by atoms with van der Waals surface area (Å²) in [5.41, 5.74) is 6.35. The lowest BCUT2D eigenvalue weighted by Gasteiger charge is -2.23. The van der Waals surface area contributed by atoms with Crippen LogP contribution in [-0.4, -0.2) is 22.3 Å². The molecule has 0 spiro atoms. The fourth-order valence-corrected chi connectivity index (χ4v) is 3.29. The van der Waals surface area contributed by atoms with Gasteiger partial charge in [-0.3, -0.25) is 9.48 Å². The highest BCUT2D eigenvalue weighted by Crippen LogP contribution is 2.31. The number of anilines is 1. The van der Waals surface area contributed by atoms with E-state index in [1.165, 1.54) is 5.56 Å². The fraction of sp³-hybridized carbons (Fsp3) is 0.238. The van der Waals surface area contributed by atoms with Crippen LogP contribution in [-0.2, 0) is 29.7 Å². The maximum Gasteiger partial charge on any atom is 0.253 e. The van der Waals surface area contributed by atoms with Gasteiger partial charge in [-0.05, 0) is 30.7 Å². The fourth-order valence-electron chi connectivity index (χ4n) is 3.29. The topological polar surface area (TPSA) is 47.4 Å². The van der Waals surface area contributed by atoms with E-state index in [0.717, 1.165) is 28.1 Å². The zero-order valence-corrected chi connectivity index (χ0v) is 15.0. The molecular weight excluding hydrogens is 326 g/mol. The van der Waals surface area contributed by atoms with E-state index in [9.17, 15) is 4.79 Å². The van der Waals surface area contributed by atoms with Crippen LogP contribution in [0.5, 0.6) is 0 Å². The lowest BCUT2D eigenvalue weighted by atomic mass is 10.0. The Morgan fingerprint density at radius 2 is 1.88 bits per heavy atom. The minimum absolute atomic E-state index is 0.0161. The quantitative estimate of drug-likeness (QED) is 0.729. The molecule has 0 unspecified atom stereocenters. The van der Waals surface area contributed by atoms with Gasteiger partial charge in [-0.1, -0.05) is 35.9 Å². The number of benzene rings is 2. The molecule has 0 aliphatic carbocycles. The maximum absolute atomic E-state index is 12.6. The molecule has 1 aliphatic heterocycles. The lowest BCUT2D eigenvalue weighted by molar-refractivity contribution is -0.123. The molecule has 0 N–H and O–H groups in total. The van der Waals surface area contributed by atoms with Gasteiger partial charge < -0.3 is 9.64 Å². The van der Waals surface area contributed by atoms with Crippen molar-refractivity contribution in [1.82, 2.24) is 9.78 Å². The summed E-state index contributed by atoms with van der Waals surface area (Å²) in [4.78, 5) is 14.4. The molecule has 1 aliphatic rings. The van der Waals surface area contributed by atoms with Crippen molar-refractivity contribution in [2.45, 2.75) is 20.1 Å². The van der Waals surface area contributed by atoms with Crippen LogP contribution in [0.2, 0.25) is 0 Å². The number of aromatic nitrogens is 2. The predicted molar refractivity (Wildman–Crippen MR) is 101 cm³/mol. The Morgan fingerprint density at radius 1 is 1.08 bits per heavy atom. The second kappa shape index (κ2) is 6.77. The summed E-state index contributed by atoms with van der Waals surface area (Å²) in [5, 5.41) is 4.23. The minimum Gasteiger partial charge on any atom is -0.367 e. The first-order valence-electron chi connectivity index (χ1n) is 8.67. The SMILES string of the molecule is Cc1ccc(CN2C(=O)COCc3cc(-c4ccnn4C)ccc32)cc1. The van der Waals surface area contributed by atoms with E-state index in [1.54, 1.807) is 6.20 Å². The van der Waals surface area contributed by atoms with Gasteiger partial charge in [0.25, 0.3) is 5.91 Å². The summed E-state index contributed by atoms with van der Waals surface area (Å²) in [6.07, 6.45) is 1.78. The van der Waals surface area contributed by atoms with Gasteiger partial charge in [0.1, 0.15) is 6.61 Å². The number of fused-ring (bicyclic) bond motifs is 1. The molecule has 26 heavy (non-hydrogen) atoms. The molecule has 3 aromatic rings. The molecule has 5 heteroatoms. The molecule has 5 nitrogen and oxygen atoms in total. The van der Waals surface area contributed by atoms with Crippen molar-refractivity contribution in [3.63, 3.8) is 0 Å². The van der Waals surface area contributed by atoms with Crippen LogP contribution < -0.4 is 4.90 Å². The summed E-state index contributed by atoms with van der Waals surface area (Å²) < 4.78 is 7.45. The molecule has 4 rings (SSSR count). The van der Waals surface area contributed by atoms with Crippen molar-refractivity contribution < 1.29 is 9.53 Å². The lowest BCUT2D eigenvalue weighted by Crippen LogP contribution is -2.32. The van der Waals surface area contributed by atoms with Crippen LogP contribution >= 0.6 is 0 Å². The number of hydrogen-bond acceptors (Lipinski definition) is 3. The van der Waals surface area contributed by atoms with Crippen LogP contribution in [0.3, 0.4) is 0 Å². The van der Waals surface area contributed by atoms with E-state index < -0.39 is 0 Å². The molecule has 1 aromatic heterocycles. The molecule has 0 radical (unpaired) electrons. The average molecular weight is 347 g/mol. The number of amides is 1. The normalized spacial score (nSPS) is 14.2. The van der Waals surface area contributed by atoms with Crippen LogP contribution in [0.4, 0.5) is 5.69 Å². The van der Waals surface area contributed by atoms with Gasteiger partial charge in [-0.15, -0.1) is 0 Å². The monoisotopic (exact) mass is 347 g/mol. The summed E-state index contributed by atoms with van der Waals surface area (Å²) in [7, 11) is 1.92. The van der Waals surface area contributed by atoms with Gasteiger partial charge in [0.15, 0.2) is 0 Å². The molecule has 1 amide bonds. The smallest absolute Gasteiger partial charge is 0.253 e. The van der Waals surface area contributed by atoms with Gasteiger partial charge in [-0.25, -0.2) is 0 Å². The van der Waals surface area contributed by atoms with E-state index >= 15 is 0 Å². The molecule has 0 saturated carbocycles. The number of aryl methyl sites for hydroxylation is 2. The molecular formula is C21H21N3O2. The number of hydrogen-bond donors (Lipinski definition) is 0. The first kappa shape index (κ1) is 16.5. The van der Waals surface area contributed by atoms with Crippen molar-refractivity contribution in [3.8, 4) is 11.3 Å². The zero-order chi connectivity index (χ0) is 18.1. The number of ether oxygens (including phenoxy) is 1. The highest BCUT2D eigenvalue weighted by Gasteiger charge is 2.23. The van der Waals surface area contributed by atoms with Crippen molar-refractivity contribution in [2.24, 2.45) is 7.05 Å². The van der Waals surface area contributed by atoms with Crippen molar-refractivity contribution >= 4 is 11.6 Å². The van der Waals surface area contributed by atoms with Gasteiger partial charge in [0, 0.05) is 30.1 Å². The van der Waals surface area contributed by atoms with Gasteiger partial charge in [-0.2, -0.15) is 5.10 Å². The van der Waals surface area contributed by atoms with Crippen molar-refractivity contribution in [1.29, 1.82) is 0 Å². The maximum atomic E-state index is 12.6. The Balaban J connectivity index is 1.71. The second-order valence-electron chi connectivity index (χ2n) is 6.64. The largest absolute Gasteiger partial charge is 0.367 e. The minimum atomic E-state index is -0.0161. The average Bonchev–Trinajstić information content (AvgIpc) is 3.00. The Morgan fingerprint density at radius 3 is 2.62 bits per heavy atom. The van der Waals surface area contributed by atoms with Gasteiger partial charge in [0.2, 0.25) is 0 Å². The number of carbonyl (C=O) groups is 1. The van der Waals surface area contributed by atoms with Crippen LogP contribution in [0.25, 0.3) is 11.3 Å². The van der Waals surface area contributed by atoms with E-state index in [-0.39, 0.29) is 12.5 Å². The molecule has 0 fully saturated rings. The molecule has 0 saturated heterocycles. The third-order valence-electron chi connectivity index (χ3n) is 4.73. The summed E-state index contributed by atoms with van der Waals surface area (Å²) in [5.74, 6) is -0.0161. The van der Waals surface area contributed by atoms with E-state index in [0.29, 0.717) is 13.2 Å². The molecule has 0 atom stereocenters. The van der Waals surface area contributed by atoms with Crippen LogP contribution in [0.1, 0.15) is 16.7 Å². The Labute approximate surface area is 152 Å². The summed E-state index contributed by atoms with van der Waals surface area (Å²) in [6, 6.07) is 16.4. The Bertz CT molecular complexity index is 944. The standard InChI is InChI=1S/C21H21N3O2/c1-15-3-5-16(6-4-15)12-24-20-8-7-17(19-9-10-22-23(19)2)11-18(20)13-26-14-21(24)25/h3-11H,12-14H2,1-2H3. The van der Waals surface area contributed by atoms with E-state index in [4.69, 9.17) is 4.74 Å². The molecule has 132 valence electrons. The van der Waals surface area contributed by atoms with Gasteiger partial charge >= 0.3 is 0 Å². The van der Waals surface area contributed by atoms with Crippen molar-refractivity contribution in [3.05, 3.63) is 71.4 Å². The van der Waals surface area contributed by atoms with E-state index in [1.807, 2.05) is 34.8 Å². The van der Waals surface area contributed by atoms with Crippen molar-refractivity contribution in [2.75, 3.05) is 11.5 Å². The van der Waals surface area contributed by atoms with Gasteiger partial charge in [0.05, 0.1) is 18.8 Å².